The van der Waals surface area contributed by atoms with Crippen molar-refractivity contribution in [1.82, 2.24) is 9.55 Å². The molecule has 0 spiro atoms. The zero-order chi connectivity index (χ0) is 34.9. The van der Waals surface area contributed by atoms with Gasteiger partial charge in [0.15, 0.2) is 0 Å². The molecule has 11 aromatic rings. The van der Waals surface area contributed by atoms with Gasteiger partial charge in [0.1, 0.15) is 5.82 Å². The summed E-state index contributed by atoms with van der Waals surface area (Å²) in [7, 11) is 0. The summed E-state index contributed by atoms with van der Waals surface area (Å²) in [6, 6.07) is 70.7. The van der Waals surface area contributed by atoms with Crippen molar-refractivity contribution < 1.29 is 0 Å². The molecule has 0 unspecified atom stereocenters. The lowest BCUT2D eigenvalue weighted by Crippen LogP contribution is -1.97. The Kier molecular flexibility index (Phi) is 6.59. The number of para-hydroxylation sites is 3. The fourth-order valence-corrected chi connectivity index (χ4v) is 8.73. The lowest BCUT2D eigenvalue weighted by Gasteiger charge is -2.16. The predicted molar refractivity (Wildman–Crippen MR) is 227 cm³/mol. The highest BCUT2D eigenvalue weighted by atomic mass is 15.1. The molecule has 0 saturated carbocycles. The summed E-state index contributed by atoms with van der Waals surface area (Å²) < 4.78 is 2.30. The molecule has 0 saturated heterocycles. The molecule has 10 aromatic carbocycles. The highest BCUT2D eigenvalue weighted by Gasteiger charge is 2.18. The maximum atomic E-state index is 5.32. The summed E-state index contributed by atoms with van der Waals surface area (Å²) in [4.78, 5) is 5.32. The van der Waals surface area contributed by atoms with Crippen molar-refractivity contribution in [1.29, 1.82) is 0 Å². The Morgan fingerprint density at radius 2 is 0.679 bits per heavy atom. The molecule has 0 radical (unpaired) electrons. The highest BCUT2D eigenvalue weighted by Crippen LogP contribution is 2.44. The van der Waals surface area contributed by atoms with Crippen molar-refractivity contribution >= 4 is 86.4 Å². The van der Waals surface area contributed by atoms with Crippen LogP contribution >= 0.6 is 0 Å². The summed E-state index contributed by atoms with van der Waals surface area (Å²) >= 11 is 0. The number of rotatable bonds is 2. The summed E-state index contributed by atoms with van der Waals surface area (Å²) in [5, 5.41) is 17.2. The number of benzene rings is 9. The number of hydrogen-bond acceptors (Lipinski definition) is 1. The fourth-order valence-electron chi connectivity index (χ4n) is 8.73. The summed E-state index contributed by atoms with van der Waals surface area (Å²) in [6.07, 6.45) is 0. The highest BCUT2D eigenvalue weighted by molar-refractivity contribution is 6.38. The maximum Gasteiger partial charge on any atom is 0.145 e. The minimum Gasteiger partial charge on any atom is -0.292 e. The Hall–Kier alpha value is -7.03. The molecule has 2 nitrogen and oxygen atoms in total. The number of nitrogens with zero attached hydrogens (tertiary/aromatic N) is 2. The van der Waals surface area contributed by atoms with Crippen LogP contribution in [0.3, 0.4) is 0 Å². The smallest absolute Gasteiger partial charge is 0.145 e. The van der Waals surface area contributed by atoms with E-state index in [9.17, 15) is 0 Å². The third-order valence-electron chi connectivity index (χ3n) is 11.0. The zero-order valence-corrected chi connectivity index (χ0v) is 28.9. The molecule has 0 aliphatic rings. The van der Waals surface area contributed by atoms with Gasteiger partial charge in [-0.1, -0.05) is 164 Å². The topological polar surface area (TPSA) is 17.8 Å². The van der Waals surface area contributed by atoms with Gasteiger partial charge in [0, 0.05) is 11.3 Å². The van der Waals surface area contributed by atoms with Gasteiger partial charge in [0.25, 0.3) is 0 Å². The Labute approximate surface area is 306 Å². The summed E-state index contributed by atoms with van der Waals surface area (Å²) in [6.45, 7) is 0. The molecular weight excluding hydrogens is 641 g/mol. The first kappa shape index (κ1) is 29.7. The minimum absolute atomic E-state index is 0.919. The molecular formula is C51H32N2. The Morgan fingerprint density at radius 1 is 0.302 bits per heavy atom. The van der Waals surface area contributed by atoms with Gasteiger partial charge in [0.05, 0.1) is 11.0 Å². The van der Waals surface area contributed by atoms with Crippen molar-refractivity contribution in [3.63, 3.8) is 0 Å². The first-order valence-electron chi connectivity index (χ1n) is 18.2. The van der Waals surface area contributed by atoms with Gasteiger partial charge >= 0.3 is 0 Å². The lowest BCUT2D eigenvalue weighted by atomic mass is 9.88. The molecule has 2 heteroatoms. The number of hydrogen-bond donors (Lipinski definition) is 0. The standard InChI is InChI=1S/C51H32N2/c1-2-16-34(17-3-1)53-48-29-15-14-28-47(48)52-51(53)33-30-31-42-38-21-7-5-19-36(38)35-18-4-6-20-37(35)39-22-8-11-25-43(39)49-44-26-12-9-23-40(44)41-24-10-13-27-45(41)50(49)46(42)32-33/h1-32H. The van der Waals surface area contributed by atoms with Crippen LogP contribution in [0.1, 0.15) is 0 Å². The second-order valence-electron chi connectivity index (χ2n) is 13.8. The molecule has 53 heavy (non-hydrogen) atoms. The van der Waals surface area contributed by atoms with Gasteiger partial charge in [-0.25, -0.2) is 4.98 Å². The molecule has 1 aromatic heterocycles. The number of imidazole rings is 1. The monoisotopic (exact) mass is 672 g/mol. The molecule has 0 bridgehead atoms. The van der Waals surface area contributed by atoms with Crippen LogP contribution in [-0.2, 0) is 0 Å². The van der Waals surface area contributed by atoms with Gasteiger partial charge in [-0.15, -0.1) is 0 Å². The normalized spacial score (nSPS) is 11.8. The van der Waals surface area contributed by atoms with E-state index < -0.39 is 0 Å². The Morgan fingerprint density at radius 3 is 1.19 bits per heavy atom. The molecule has 246 valence electrons. The number of fused-ring (bicyclic) bond motifs is 16. The van der Waals surface area contributed by atoms with E-state index in [-0.39, 0.29) is 0 Å². The molecule has 11 rings (SSSR count). The van der Waals surface area contributed by atoms with Gasteiger partial charge in [0.2, 0.25) is 0 Å². The second kappa shape index (κ2) is 11.8. The van der Waals surface area contributed by atoms with Crippen LogP contribution in [0.4, 0.5) is 0 Å². The summed E-state index contributed by atoms with van der Waals surface area (Å²) in [5.74, 6) is 0.919. The van der Waals surface area contributed by atoms with Crippen LogP contribution in [0.15, 0.2) is 194 Å². The molecule has 0 aliphatic heterocycles. The SMILES string of the molecule is c1ccc(-n2c(-c3ccc4c5ccccc5c5ccccc5c5ccccc5c5c6ccccc6c6ccccc6c5c4c3)nc3ccccc32)cc1. The first-order chi connectivity index (χ1) is 26.3. The molecule has 0 amide bonds. The Balaban J connectivity index is 1.47. The van der Waals surface area contributed by atoms with E-state index in [0.29, 0.717) is 0 Å². The van der Waals surface area contributed by atoms with Crippen LogP contribution in [0, 0.1) is 0 Å². The van der Waals surface area contributed by atoms with Crippen molar-refractivity contribution in [3.05, 3.63) is 194 Å². The average molecular weight is 673 g/mol. The van der Waals surface area contributed by atoms with E-state index in [0.717, 1.165) is 28.1 Å². The van der Waals surface area contributed by atoms with Crippen LogP contribution in [0.25, 0.3) is 104 Å². The molecule has 0 atom stereocenters. The first-order valence-corrected chi connectivity index (χ1v) is 18.2. The van der Waals surface area contributed by atoms with E-state index >= 15 is 0 Å². The van der Waals surface area contributed by atoms with Gasteiger partial charge < -0.3 is 0 Å². The largest absolute Gasteiger partial charge is 0.292 e. The number of aromatic nitrogens is 2. The lowest BCUT2D eigenvalue weighted by molar-refractivity contribution is 1.10. The van der Waals surface area contributed by atoms with Crippen molar-refractivity contribution in [2.24, 2.45) is 0 Å². The van der Waals surface area contributed by atoms with Crippen molar-refractivity contribution in [2.75, 3.05) is 0 Å². The van der Waals surface area contributed by atoms with Crippen LogP contribution < -0.4 is 0 Å². The molecule has 1 heterocycles. The molecule has 0 aliphatic carbocycles. The third-order valence-corrected chi connectivity index (χ3v) is 11.0. The van der Waals surface area contributed by atoms with E-state index in [4.69, 9.17) is 4.98 Å². The van der Waals surface area contributed by atoms with Crippen LogP contribution in [0.2, 0.25) is 0 Å². The van der Waals surface area contributed by atoms with E-state index in [1.54, 1.807) is 0 Å². The van der Waals surface area contributed by atoms with Gasteiger partial charge in [-0.3, -0.25) is 4.57 Å². The fraction of sp³-hybridized carbons (Fsp3) is 0. The van der Waals surface area contributed by atoms with Crippen LogP contribution in [0.5, 0.6) is 0 Å². The van der Waals surface area contributed by atoms with E-state index in [1.807, 2.05) is 0 Å². The van der Waals surface area contributed by atoms with E-state index in [1.165, 1.54) is 75.4 Å². The van der Waals surface area contributed by atoms with Crippen LogP contribution in [-0.4, -0.2) is 9.55 Å². The van der Waals surface area contributed by atoms with E-state index in [2.05, 4.69) is 199 Å². The summed E-state index contributed by atoms with van der Waals surface area (Å²) in [5.41, 5.74) is 4.21. The average Bonchev–Trinajstić information content (AvgIpc) is 3.63. The van der Waals surface area contributed by atoms with Gasteiger partial charge in [-0.05, 0) is 106 Å². The zero-order valence-electron chi connectivity index (χ0n) is 28.9. The maximum absolute atomic E-state index is 5.32. The third kappa shape index (κ3) is 4.49. The van der Waals surface area contributed by atoms with Crippen molar-refractivity contribution in [2.45, 2.75) is 0 Å². The minimum atomic E-state index is 0.919. The molecule has 0 N–H and O–H groups in total. The Bertz CT molecular complexity index is 3340. The predicted octanol–water partition coefficient (Wildman–Crippen LogP) is 13.9. The second-order valence-corrected chi connectivity index (χ2v) is 13.8. The van der Waals surface area contributed by atoms with Gasteiger partial charge in [-0.2, -0.15) is 0 Å². The quantitative estimate of drug-likeness (QED) is 0.167. The molecule has 0 fully saturated rings. The van der Waals surface area contributed by atoms with Crippen molar-refractivity contribution in [3.8, 4) is 17.1 Å².